The molecule has 0 bridgehead atoms. The molecule has 1 aliphatic heterocycles. The van der Waals surface area contributed by atoms with Gasteiger partial charge in [0.15, 0.2) is 6.19 Å². The topological polar surface area (TPSA) is 98.1 Å². The van der Waals surface area contributed by atoms with Crippen molar-refractivity contribution in [3.8, 4) is 16.6 Å². The van der Waals surface area contributed by atoms with Gasteiger partial charge in [-0.3, -0.25) is 9.59 Å². The second-order valence-electron chi connectivity index (χ2n) is 5.70. The fourth-order valence-corrected chi connectivity index (χ4v) is 3.64. The van der Waals surface area contributed by atoms with E-state index in [-0.39, 0.29) is 17.7 Å². The van der Waals surface area contributed by atoms with Gasteiger partial charge >= 0.3 is 0 Å². The summed E-state index contributed by atoms with van der Waals surface area (Å²) in [5, 5.41) is 15.7. The zero-order valence-corrected chi connectivity index (χ0v) is 14.5. The Labute approximate surface area is 149 Å². The lowest BCUT2D eigenvalue weighted by atomic mass is 10.1. The smallest absolute Gasteiger partial charge is 0.246 e. The highest BCUT2D eigenvalue weighted by Crippen LogP contribution is 2.35. The summed E-state index contributed by atoms with van der Waals surface area (Å²) in [5.74, 6) is -0.595. The van der Waals surface area contributed by atoms with Crippen LogP contribution in [-0.2, 0) is 9.59 Å². The number of rotatable bonds is 4. The van der Waals surface area contributed by atoms with Crippen molar-refractivity contribution in [1.82, 2.24) is 10.3 Å². The van der Waals surface area contributed by atoms with Gasteiger partial charge in [-0.15, -0.1) is 0 Å². The lowest BCUT2D eigenvalue weighted by Gasteiger charge is -2.14. The number of amides is 2. The van der Waals surface area contributed by atoms with Gasteiger partial charge in [0, 0.05) is 30.9 Å². The van der Waals surface area contributed by atoms with Gasteiger partial charge in [0.1, 0.15) is 0 Å². The van der Waals surface area contributed by atoms with Crippen LogP contribution in [0, 0.1) is 17.4 Å². The van der Waals surface area contributed by atoms with Crippen molar-refractivity contribution in [1.29, 1.82) is 5.26 Å². The standard InChI is InChI=1S/C17H17N5O2S/c1-11(23)21-14-5-3-2-4-13(14)15-9-20-17(25-15)22(10-18)16(24)12-6-7-19-8-12/h2-5,9,12,19H,6-8H2,1H3,(H,21,23). The number of anilines is 2. The molecule has 25 heavy (non-hydrogen) atoms. The Morgan fingerprint density at radius 1 is 1.44 bits per heavy atom. The number of hydrogen-bond donors (Lipinski definition) is 2. The maximum absolute atomic E-state index is 12.5. The number of carbonyl (C=O) groups excluding carboxylic acids is 2. The van der Waals surface area contributed by atoms with Gasteiger partial charge in [-0.1, -0.05) is 29.5 Å². The molecule has 0 spiro atoms. The average molecular weight is 355 g/mol. The highest BCUT2D eigenvalue weighted by Gasteiger charge is 2.30. The van der Waals surface area contributed by atoms with Gasteiger partial charge in [-0.25, -0.2) is 4.98 Å². The molecule has 1 fully saturated rings. The minimum absolute atomic E-state index is 0.167. The SMILES string of the molecule is CC(=O)Nc1ccccc1-c1cnc(N(C#N)C(=O)C2CCNC2)s1. The summed E-state index contributed by atoms with van der Waals surface area (Å²) in [5.41, 5.74) is 1.47. The molecule has 0 saturated carbocycles. The second-order valence-corrected chi connectivity index (χ2v) is 6.71. The normalized spacial score (nSPS) is 16.2. The lowest BCUT2D eigenvalue weighted by molar-refractivity contribution is -0.121. The number of nitrogens with one attached hydrogen (secondary N) is 2. The van der Waals surface area contributed by atoms with E-state index in [1.807, 2.05) is 24.4 Å². The predicted molar refractivity (Wildman–Crippen MR) is 95.9 cm³/mol. The maximum Gasteiger partial charge on any atom is 0.246 e. The van der Waals surface area contributed by atoms with E-state index < -0.39 is 0 Å². The van der Waals surface area contributed by atoms with Crippen LogP contribution in [0.3, 0.4) is 0 Å². The molecule has 1 aromatic heterocycles. The molecule has 7 nitrogen and oxygen atoms in total. The van der Waals surface area contributed by atoms with Crippen LogP contribution >= 0.6 is 11.3 Å². The van der Waals surface area contributed by atoms with E-state index in [0.717, 1.165) is 28.3 Å². The largest absolute Gasteiger partial charge is 0.326 e. The van der Waals surface area contributed by atoms with Crippen molar-refractivity contribution >= 4 is 34.0 Å². The number of nitriles is 1. The van der Waals surface area contributed by atoms with Crippen molar-refractivity contribution in [3.63, 3.8) is 0 Å². The van der Waals surface area contributed by atoms with E-state index in [2.05, 4.69) is 15.6 Å². The zero-order chi connectivity index (χ0) is 17.8. The Bertz CT molecular complexity index is 836. The molecule has 1 unspecified atom stereocenters. The minimum Gasteiger partial charge on any atom is -0.326 e. The molecule has 1 aliphatic rings. The monoisotopic (exact) mass is 355 g/mol. The first-order valence-corrected chi connectivity index (χ1v) is 8.69. The van der Waals surface area contributed by atoms with Crippen LogP contribution < -0.4 is 15.5 Å². The predicted octanol–water partition coefficient (Wildman–Crippen LogP) is 2.19. The summed E-state index contributed by atoms with van der Waals surface area (Å²) in [6.07, 6.45) is 4.28. The number of para-hydroxylation sites is 1. The molecule has 1 saturated heterocycles. The maximum atomic E-state index is 12.5. The van der Waals surface area contributed by atoms with Gasteiger partial charge in [0.2, 0.25) is 16.9 Å². The van der Waals surface area contributed by atoms with E-state index in [0.29, 0.717) is 17.4 Å². The van der Waals surface area contributed by atoms with Gasteiger partial charge in [0.25, 0.3) is 0 Å². The summed E-state index contributed by atoms with van der Waals surface area (Å²) in [6.45, 7) is 2.81. The molecule has 2 N–H and O–H groups in total. The molecular formula is C17H17N5O2S. The third-order valence-electron chi connectivity index (χ3n) is 3.92. The van der Waals surface area contributed by atoms with Crippen molar-refractivity contribution in [2.75, 3.05) is 23.3 Å². The Balaban J connectivity index is 1.88. The van der Waals surface area contributed by atoms with Crippen LogP contribution in [-0.4, -0.2) is 29.9 Å². The van der Waals surface area contributed by atoms with Crippen LogP contribution in [0.5, 0.6) is 0 Å². The lowest BCUT2D eigenvalue weighted by Crippen LogP contribution is -2.33. The third-order valence-corrected chi connectivity index (χ3v) is 4.93. The molecule has 2 amide bonds. The van der Waals surface area contributed by atoms with Gasteiger partial charge < -0.3 is 10.6 Å². The molecule has 0 aliphatic carbocycles. The highest BCUT2D eigenvalue weighted by molar-refractivity contribution is 7.19. The second kappa shape index (κ2) is 7.42. The molecule has 8 heteroatoms. The molecular weight excluding hydrogens is 338 g/mol. The number of thiazole rings is 1. The number of benzene rings is 1. The van der Waals surface area contributed by atoms with Crippen LogP contribution in [0.25, 0.3) is 10.4 Å². The number of hydrogen-bond acceptors (Lipinski definition) is 6. The Kier molecular flexibility index (Phi) is 5.07. The fourth-order valence-electron chi connectivity index (χ4n) is 2.72. The molecule has 1 atom stereocenters. The van der Waals surface area contributed by atoms with Crippen LogP contribution in [0.2, 0.25) is 0 Å². The Morgan fingerprint density at radius 2 is 2.24 bits per heavy atom. The van der Waals surface area contributed by atoms with Gasteiger partial charge in [-0.2, -0.15) is 10.2 Å². The summed E-state index contributed by atoms with van der Waals surface area (Å²) >= 11 is 1.25. The van der Waals surface area contributed by atoms with Crippen LogP contribution in [0.4, 0.5) is 10.8 Å². The molecule has 2 heterocycles. The molecule has 1 aromatic carbocycles. The first-order valence-electron chi connectivity index (χ1n) is 7.87. The van der Waals surface area contributed by atoms with Gasteiger partial charge in [-0.05, 0) is 19.0 Å². The van der Waals surface area contributed by atoms with Crippen molar-refractivity contribution in [3.05, 3.63) is 30.5 Å². The molecule has 0 radical (unpaired) electrons. The van der Waals surface area contributed by atoms with Crippen molar-refractivity contribution in [2.45, 2.75) is 13.3 Å². The number of carbonyl (C=O) groups is 2. The first-order chi connectivity index (χ1) is 12.1. The fraction of sp³-hybridized carbons (Fsp3) is 0.294. The Morgan fingerprint density at radius 3 is 2.92 bits per heavy atom. The Hall–Kier alpha value is -2.76. The third kappa shape index (κ3) is 3.68. The van der Waals surface area contributed by atoms with Gasteiger partial charge in [0.05, 0.1) is 10.8 Å². The van der Waals surface area contributed by atoms with Crippen molar-refractivity contribution in [2.24, 2.45) is 5.92 Å². The summed E-state index contributed by atoms with van der Waals surface area (Å²) in [7, 11) is 0. The quantitative estimate of drug-likeness (QED) is 0.647. The first kappa shape index (κ1) is 17.1. The van der Waals surface area contributed by atoms with Crippen LogP contribution in [0.1, 0.15) is 13.3 Å². The molecule has 2 aromatic rings. The van der Waals surface area contributed by atoms with Crippen LogP contribution in [0.15, 0.2) is 30.5 Å². The molecule has 128 valence electrons. The van der Waals surface area contributed by atoms with E-state index >= 15 is 0 Å². The van der Waals surface area contributed by atoms with E-state index in [9.17, 15) is 14.9 Å². The minimum atomic E-state index is -0.233. The molecule has 3 rings (SSSR count). The highest BCUT2D eigenvalue weighted by atomic mass is 32.1. The summed E-state index contributed by atoms with van der Waals surface area (Å²) in [6, 6.07) is 7.35. The number of aromatic nitrogens is 1. The van der Waals surface area contributed by atoms with E-state index in [4.69, 9.17) is 0 Å². The van der Waals surface area contributed by atoms with E-state index in [1.165, 1.54) is 18.3 Å². The number of nitrogens with zero attached hydrogens (tertiary/aromatic N) is 3. The van der Waals surface area contributed by atoms with Crippen molar-refractivity contribution < 1.29 is 9.59 Å². The van der Waals surface area contributed by atoms with E-state index in [1.54, 1.807) is 12.3 Å². The summed E-state index contributed by atoms with van der Waals surface area (Å²) < 4.78 is 0. The zero-order valence-electron chi connectivity index (χ0n) is 13.7. The summed E-state index contributed by atoms with van der Waals surface area (Å²) in [4.78, 5) is 30.0. The average Bonchev–Trinajstić information content (AvgIpc) is 3.27.